The van der Waals surface area contributed by atoms with Gasteiger partial charge in [-0.2, -0.15) is 5.10 Å². The standard InChI is InChI=1S/C25H29FN8O2/c1-31-8-10-33(11-9-31)23(35)16-34-15-18(13-28-34)29-22-12-21(19(26)14-27-22)30-20-5-3-4-17-6-7-32(2)25(36)24(17)20/h3-5,12-15H,6-11,16H2,1-2H3,(H2,27,29,30). The molecule has 0 aliphatic carbocycles. The van der Waals surface area contributed by atoms with E-state index in [1.165, 1.54) is 0 Å². The Morgan fingerprint density at radius 3 is 2.67 bits per heavy atom. The van der Waals surface area contributed by atoms with E-state index in [2.05, 4.69) is 25.6 Å². The zero-order valence-corrected chi connectivity index (χ0v) is 20.4. The van der Waals surface area contributed by atoms with Gasteiger partial charge in [0, 0.05) is 52.0 Å². The fourth-order valence-corrected chi connectivity index (χ4v) is 4.45. The van der Waals surface area contributed by atoms with E-state index in [4.69, 9.17) is 0 Å². The molecule has 10 nitrogen and oxygen atoms in total. The molecule has 1 fully saturated rings. The van der Waals surface area contributed by atoms with Crippen molar-refractivity contribution < 1.29 is 14.0 Å². The third kappa shape index (κ3) is 5.01. The van der Waals surface area contributed by atoms with Crippen molar-refractivity contribution in [2.24, 2.45) is 0 Å². The van der Waals surface area contributed by atoms with Gasteiger partial charge in [-0.1, -0.05) is 12.1 Å². The summed E-state index contributed by atoms with van der Waals surface area (Å²) in [5.74, 6) is -0.207. The van der Waals surface area contributed by atoms with Crippen LogP contribution in [0.5, 0.6) is 0 Å². The molecule has 0 saturated carbocycles. The Balaban J connectivity index is 1.28. The predicted molar refractivity (Wildman–Crippen MR) is 134 cm³/mol. The first-order valence-corrected chi connectivity index (χ1v) is 11.9. The van der Waals surface area contributed by atoms with Gasteiger partial charge >= 0.3 is 0 Å². The predicted octanol–water partition coefficient (Wildman–Crippen LogP) is 2.31. The second-order valence-corrected chi connectivity index (χ2v) is 9.23. The summed E-state index contributed by atoms with van der Waals surface area (Å²) >= 11 is 0. The van der Waals surface area contributed by atoms with Crippen molar-refractivity contribution in [3.05, 3.63) is 59.8 Å². The molecule has 2 aliphatic heterocycles. The number of nitrogens with one attached hydrogen (secondary N) is 2. The zero-order chi connectivity index (χ0) is 25.2. The van der Waals surface area contributed by atoms with Crippen LogP contribution in [0.4, 0.5) is 27.3 Å². The van der Waals surface area contributed by atoms with Gasteiger partial charge in [-0.15, -0.1) is 0 Å². The fourth-order valence-electron chi connectivity index (χ4n) is 4.45. The minimum atomic E-state index is -0.539. The number of fused-ring (bicyclic) bond motifs is 1. The first-order valence-electron chi connectivity index (χ1n) is 11.9. The van der Waals surface area contributed by atoms with Crippen molar-refractivity contribution in [3.63, 3.8) is 0 Å². The van der Waals surface area contributed by atoms with Crippen LogP contribution in [0.1, 0.15) is 15.9 Å². The summed E-state index contributed by atoms with van der Waals surface area (Å²) in [5, 5.41) is 10.4. The third-order valence-electron chi connectivity index (χ3n) is 6.61. The van der Waals surface area contributed by atoms with Crippen molar-refractivity contribution in [2.75, 3.05) is 57.5 Å². The van der Waals surface area contributed by atoms with E-state index in [1.807, 2.05) is 24.1 Å². The molecule has 0 radical (unpaired) electrons. The smallest absolute Gasteiger partial charge is 0.255 e. The molecular weight excluding hydrogens is 463 g/mol. The Labute approximate surface area is 208 Å². The second-order valence-electron chi connectivity index (χ2n) is 9.23. The molecule has 2 N–H and O–H groups in total. The number of likely N-dealkylation sites (N-methyl/N-ethyl adjacent to an activating group) is 2. The highest BCUT2D eigenvalue weighted by Crippen LogP contribution is 2.30. The minimum Gasteiger partial charge on any atom is -0.352 e. The monoisotopic (exact) mass is 492 g/mol. The number of hydrogen-bond donors (Lipinski definition) is 2. The van der Waals surface area contributed by atoms with Gasteiger partial charge in [-0.3, -0.25) is 14.3 Å². The number of nitrogens with zero attached hydrogens (tertiary/aromatic N) is 6. The SMILES string of the molecule is CN1CCN(C(=O)Cn2cc(Nc3cc(Nc4cccc5c4C(=O)N(C)CC5)c(F)cn3)cn2)CC1. The normalized spacial score (nSPS) is 16.1. The Hall–Kier alpha value is -3.99. The maximum absolute atomic E-state index is 14.6. The fraction of sp³-hybridized carbons (Fsp3) is 0.360. The van der Waals surface area contributed by atoms with E-state index in [1.54, 1.807) is 41.2 Å². The van der Waals surface area contributed by atoms with Crippen molar-refractivity contribution in [1.82, 2.24) is 29.5 Å². The number of rotatable bonds is 6. The van der Waals surface area contributed by atoms with E-state index in [0.717, 1.165) is 31.3 Å². The van der Waals surface area contributed by atoms with Gasteiger partial charge in [-0.05, 0) is 25.1 Å². The quantitative estimate of drug-likeness (QED) is 0.545. The summed E-state index contributed by atoms with van der Waals surface area (Å²) in [6, 6.07) is 7.09. The van der Waals surface area contributed by atoms with Crippen LogP contribution in [0.3, 0.4) is 0 Å². The van der Waals surface area contributed by atoms with Gasteiger partial charge in [0.05, 0.1) is 35.0 Å². The van der Waals surface area contributed by atoms with E-state index in [9.17, 15) is 14.0 Å². The van der Waals surface area contributed by atoms with Crippen molar-refractivity contribution in [2.45, 2.75) is 13.0 Å². The van der Waals surface area contributed by atoms with Gasteiger partial charge < -0.3 is 25.3 Å². The van der Waals surface area contributed by atoms with Gasteiger partial charge in [0.25, 0.3) is 5.91 Å². The average molecular weight is 493 g/mol. The van der Waals surface area contributed by atoms with Crippen LogP contribution >= 0.6 is 0 Å². The number of hydrogen-bond acceptors (Lipinski definition) is 7. The minimum absolute atomic E-state index is 0.0236. The zero-order valence-electron chi connectivity index (χ0n) is 20.4. The van der Waals surface area contributed by atoms with Crippen LogP contribution in [-0.2, 0) is 17.8 Å². The van der Waals surface area contributed by atoms with Gasteiger partial charge in [0.15, 0.2) is 5.82 Å². The number of piperazine rings is 1. The topological polar surface area (TPSA) is 98.6 Å². The molecular formula is C25H29FN8O2. The molecule has 0 unspecified atom stereocenters. The van der Waals surface area contributed by atoms with E-state index in [0.29, 0.717) is 42.4 Å². The van der Waals surface area contributed by atoms with Crippen LogP contribution in [0.2, 0.25) is 0 Å². The molecule has 1 saturated heterocycles. The van der Waals surface area contributed by atoms with E-state index >= 15 is 0 Å². The molecule has 11 heteroatoms. The largest absolute Gasteiger partial charge is 0.352 e. The van der Waals surface area contributed by atoms with Crippen molar-refractivity contribution in [1.29, 1.82) is 0 Å². The Bertz CT molecular complexity index is 1280. The number of carbonyl (C=O) groups is 2. The van der Waals surface area contributed by atoms with E-state index in [-0.39, 0.29) is 24.0 Å². The number of aromatic nitrogens is 3. The molecule has 3 aromatic rings. The number of pyridine rings is 1. The van der Waals surface area contributed by atoms with Gasteiger partial charge in [0.1, 0.15) is 12.4 Å². The molecule has 2 aliphatic rings. The van der Waals surface area contributed by atoms with Crippen LogP contribution in [0.15, 0.2) is 42.9 Å². The number of benzene rings is 1. The molecule has 188 valence electrons. The number of carbonyl (C=O) groups excluding carboxylic acids is 2. The lowest BCUT2D eigenvalue weighted by atomic mass is 9.97. The summed E-state index contributed by atoms with van der Waals surface area (Å²) in [6.07, 6.45) is 5.18. The average Bonchev–Trinajstić information content (AvgIpc) is 3.30. The van der Waals surface area contributed by atoms with E-state index < -0.39 is 5.82 Å². The molecule has 5 rings (SSSR count). The first kappa shape index (κ1) is 23.7. The summed E-state index contributed by atoms with van der Waals surface area (Å²) in [7, 11) is 3.80. The first-order chi connectivity index (χ1) is 17.4. The van der Waals surface area contributed by atoms with Crippen LogP contribution < -0.4 is 10.6 Å². The third-order valence-corrected chi connectivity index (χ3v) is 6.61. The summed E-state index contributed by atoms with van der Waals surface area (Å²) in [5.41, 5.74) is 2.87. The Morgan fingerprint density at radius 2 is 1.86 bits per heavy atom. The van der Waals surface area contributed by atoms with Crippen molar-refractivity contribution in [3.8, 4) is 0 Å². The molecule has 0 atom stereocenters. The molecule has 1 aromatic carbocycles. The lowest BCUT2D eigenvalue weighted by Gasteiger charge is -2.32. The highest BCUT2D eigenvalue weighted by atomic mass is 19.1. The second kappa shape index (κ2) is 9.94. The molecule has 0 bridgehead atoms. The molecule has 2 amide bonds. The highest BCUT2D eigenvalue weighted by Gasteiger charge is 2.25. The molecule has 2 aromatic heterocycles. The van der Waals surface area contributed by atoms with Crippen LogP contribution in [-0.4, -0.2) is 88.1 Å². The lowest BCUT2D eigenvalue weighted by Crippen LogP contribution is -2.48. The lowest BCUT2D eigenvalue weighted by molar-refractivity contribution is -0.133. The van der Waals surface area contributed by atoms with Gasteiger partial charge in [0.2, 0.25) is 5.91 Å². The van der Waals surface area contributed by atoms with Crippen LogP contribution in [0, 0.1) is 5.82 Å². The maximum Gasteiger partial charge on any atom is 0.255 e. The molecule has 4 heterocycles. The summed E-state index contributed by atoms with van der Waals surface area (Å²) in [4.78, 5) is 35.2. The number of halogens is 1. The van der Waals surface area contributed by atoms with Crippen LogP contribution in [0.25, 0.3) is 0 Å². The molecule has 36 heavy (non-hydrogen) atoms. The van der Waals surface area contributed by atoms with Crippen molar-refractivity contribution >= 4 is 34.7 Å². The maximum atomic E-state index is 14.6. The number of anilines is 4. The van der Waals surface area contributed by atoms with Gasteiger partial charge in [-0.25, -0.2) is 9.37 Å². The summed E-state index contributed by atoms with van der Waals surface area (Å²) < 4.78 is 16.2. The summed E-state index contributed by atoms with van der Waals surface area (Å²) in [6.45, 7) is 3.95. The molecule has 0 spiro atoms. The Morgan fingerprint density at radius 1 is 1.06 bits per heavy atom. The number of amides is 2. The highest BCUT2D eigenvalue weighted by molar-refractivity contribution is 6.02. The Kier molecular flexibility index (Phi) is 6.55.